The van der Waals surface area contributed by atoms with Crippen molar-refractivity contribution in [1.29, 1.82) is 0 Å². The van der Waals surface area contributed by atoms with Crippen LogP contribution < -0.4 is 0 Å². The molecule has 16 heavy (non-hydrogen) atoms. The lowest BCUT2D eigenvalue weighted by Gasteiger charge is -2.22. The van der Waals surface area contributed by atoms with Crippen LogP contribution in [0.1, 0.15) is 25.1 Å². The second-order valence-corrected chi connectivity index (χ2v) is 4.63. The molecular formula is C13H15NO2. The van der Waals surface area contributed by atoms with Crippen molar-refractivity contribution in [2.24, 2.45) is 5.92 Å². The highest BCUT2D eigenvalue weighted by Crippen LogP contribution is 2.39. The zero-order valence-corrected chi connectivity index (χ0v) is 9.30. The summed E-state index contributed by atoms with van der Waals surface area (Å²) in [6, 6.07) is 10.3. The maximum absolute atomic E-state index is 12.0. The minimum absolute atomic E-state index is 0.153. The van der Waals surface area contributed by atoms with Gasteiger partial charge < -0.3 is 9.64 Å². The molecule has 0 radical (unpaired) electrons. The Morgan fingerprint density at radius 2 is 2.06 bits per heavy atom. The lowest BCUT2D eigenvalue weighted by molar-refractivity contribution is -0.136. The molecule has 0 saturated carbocycles. The molecular weight excluding hydrogens is 202 g/mol. The standard InChI is InChI=1S/C13H15NO2/c1-9-7-11-8-16-13(14(11)12(9)15)10-5-3-2-4-6-10/h2-6,9,11,13H,7-8H2,1H3. The Hall–Kier alpha value is -1.35. The Balaban J connectivity index is 1.91. The molecule has 3 unspecified atom stereocenters. The van der Waals surface area contributed by atoms with E-state index in [0.29, 0.717) is 6.61 Å². The topological polar surface area (TPSA) is 29.5 Å². The first-order valence-electron chi connectivity index (χ1n) is 5.76. The third-order valence-electron chi connectivity index (χ3n) is 3.48. The first-order chi connectivity index (χ1) is 7.77. The van der Waals surface area contributed by atoms with E-state index in [1.54, 1.807) is 0 Å². The van der Waals surface area contributed by atoms with E-state index in [0.717, 1.165) is 12.0 Å². The van der Waals surface area contributed by atoms with Crippen LogP contribution in [-0.2, 0) is 9.53 Å². The van der Waals surface area contributed by atoms with Crippen LogP contribution in [0.4, 0.5) is 0 Å². The molecule has 3 rings (SSSR count). The average Bonchev–Trinajstić information content (AvgIpc) is 2.83. The third kappa shape index (κ3) is 1.35. The number of carbonyl (C=O) groups excluding carboxylic acids is 1. The summed E-state index contributed by atoms with van der Waals surface area (Å²) in [5, 5.41) is 0. The van der Waals surface area contributed by atoms with Gasteiger partial charge in [0.15, 0.2) is 6.23 Å². The predicted molar refractivity (Wildman–Crippen MR) is 59.6 cm³/mol. The fraction of sp³-hybridized carbons (Fsp3) is 0.462. The normalized spacial score (nSPS) is 33.2. The monoisotopic (exact) mass is 217 g/mol. The van der Waals surface area contributed by atoms with E-state index in [2.05, 4.69) is 0 Å². The van der Waals surface area contributed by atoms with Crippen molar-refractivity contribution < 1.29 is 9.53 Å². The van der Waals surface area contributed by atoms with Crippen molar-refractivity contribution in [3.05, 3.63) is 35.9 Å². The van der Waals surface area contributed by atoms with Crippen molar-refractivity contribution >= 4 is 5.91 Å². The molecule has 1 aromatic rings. The minimum Gasteiger partial charge on any atom is -0.352 e. The minimum atomic E-state index is -0.163. The van der Waals surface area contributed by atoms with Crippen LogP contribution in [0.25, 0.3) is 0 Å². The lowest BCUT2D eigenvalue weighted by atomic mass is 10.1. The Labute approximate surface area is 95.0 Å². The Kier molecular flexibility index (Phi) is 2.21. The number of benzene rings is 1. The van der Waals surface area contributed by atoms with E-state index >= 15 is 0 Å². The third-order valence-corrected chi connectivity index (χ3v) is 3.48. The molecule has 1 amide bonds. The van der Waals surface area contributed by atoms with Crippen molar-refractivity contribution in [3.8, 4) is 0 Å². The molecule has 3 nitrogen and oxygen atoms in total. The summed E-state index contributed by atoms with van der Waals surface area (Å²) in [4.78, 5) is 13.9. The number of rotatable bonds is 1. The van der Waals surface area contributed by atoms with E-state index in [-0.39, 0.29) is 24.1 Å². The maximum Gasteiger partial charge on any atom is 0.228 e. The van der Waals surface area contributed by atoms with Gasteiger partial charge in [-0.1, -0.05) is 37.3 Å². The quantitative estimate of drug-likeness (QED) is 0.719. The predicted octanol–water partition coefficient (Wildman–Crippen LogP) is 1.95. The fourth-order valence-corrected chi connectivity index (χ4v) is 2.67. The summed E-state index contributed by atoms with van der Waals surface area (Å²) < 4.78 is 5.73. The molecule has 3 atom stereocenters. The molecule has 1 aromatic carbocycles. The van der Waals surface area contributed by atoms with Crippen LogP contribution in [0, 0.1) is 5.92 Å². The Bertz CT molecular complexity index is 404. The lowest BCUT2D eigenvalue weighted by Crippen LogP contribution is -2.31. The highest BCUT2D eigenvalue weighted by Gasteiger charge is 2.46. The SMILES string of the molecule is CC1CC2COC(c3ccccc3)N2C1=O. The summed E-state index contributed by atoms with van der Waals surface area (Å²) in [6.45, 7) is 2.68. The molecule has 2 saturated heterocycles. The number of hydrogen-bond acceptors (Lipinski definition) is 2. The summed E-state index contributed by atoms with van der Waals surface area (Å²) in [5.41, 5.74) is 1.08. The molecule has 84 valence electrons. The number of ether oxygens (including phenoxy) is 1. The molecule has 0 bridgehead atoms. The highest BCUT2D eigenvalue weighted by atomic mass is 16.5. The van der Waals surface area contributed by atoms with Gasteiger partial charge in [-0.05, 0) is 6.42 Å². The zero-order valence-electron chi connectivity index (χ0n) is 9.30. The molecule has 2 fully saturated rings. The first kappa shape index (κ1) is 9.85. The summed E-state index contributed by atoms with van der Waals surface area (Å²) in [7, 11) is 0. The van der Waals surface area contributed by atoms with Gasteiger partial charge in [0.25, 0.3) is 0 Å². The van der Waals surface area contributed by atoms with Gasteiger partial charge in [0.2, 0.25) is 5.91 Å². The highest BCUT2D eigenvalue weighted by molar-refractivity contribution is 5.81. The molecule has 0 aliphatic carbocycles. The summed E-state index contributed by atoms with van der Waals surface area (Å²) >= 11 is 0. The van der Waals surface area contributed by atoms with E-state index < -0.39 is 0 Å². The van der Waals surface area contributed by atoms with Crippen molar-refractivity contribution in [3.63, 3.8) is 0 Å². The van der Waals surface area contributed by atoms with Gasteiger partial charge in [-0.2, -0.15) is 0 Å². The molecule has 2 aliphatic rings. The largest absolute Gasteiger partial charge is 0.352 e. The van der Waals surface area contributed by atoms with Crippen LogP contribution in [0.15, 0.2) is 30.3 Å². The van der Waals surface area contributed by atoms with Gasteiger partial charge in [-0.25, -0.2) is 0 Å². The molecule has 2 aliphatic heterocycles. The van der Waals surface area contributed by atoms with E-state index in [4.69, 9.17) is 4.74 Å². The number of amides is 1. The number of fused-ring (bicyclic) bond motifs is 1. The maximum atomic E-state index is 12.0. The molecule has 2 heterocycles. The van der Waals surface area contributed by atoms with Crippen molar-refractivity contribution in [2.45, 2.75) is 25.6 Å². The first-order valence-corrected chi connectivity index (χ1v) is 5.76. The van der Waals surface area contributed by atoms with Gasteiger partial charge in [0, 0.05) is 11.5 Å². The van der Waals surface area contributed by atoms with E-state index in [1.165, 1.54) is 0 Å². The van der Waals surface area contributed by atoms with Crippen LogP contribution in [-0.4, -0.2) is 23.5 Å². The number of nitrogens with zero attached hydrogens (tertiary/aromatic N) is 1. The van der Waals surface area contributed by atoms with Crippen LogP contribution in [0.3, 0.4) is 0 Å². The van der Waals surface area contributed by atoms with Crippen LogP contribution in [0.2, 0.25) is 0 Å². The molecule has 0 aromatic heterocycles. The van der Waals surface area contributed by atoms with Gasteiger partial charge in [0.1, 0.15) is 0 Å². The molecule has 0 N–H and O–H groups in total. The van der Waals surface area contributed by atoms with E-state index in [1.807, 2.05) is 42.2 Å². The van der Waals surface area contributed by atoms with Crippen molar-refractivity contribution in [2.75, 3.05) is 6.61 Å². The fourth-order valence-electron chi connectivity index (χ4n) is 2.67. The second kappa shape index (κ2) is 3.59. The smallest absolute Gasteiger partial charge is 0.228 e. The summed E-state index contributed by atoms with van der Waals surface area (Å²) in [5.74, 6) is 0.386. The van der Waals surface area contributed by atoms with Gasteiger partial charge >= 0.3 is 0 Å². The van der Waals surface area contributed by atoms with Gasteiger partial charge in [0.05, 0.1) is 12.6 Å². The Morgan fingerprint density at radius 1 is 1.31 bits per heavy atom. The van der Waals surface area contributed by atoms with Crippen LogP contribution >= 0.6 is 0 Å². The van der Waals surface area contributed by atoms with E-state index in [9.17, 15) is 4.79 Å². The molecule has 0 spiro atoms. The zero-order chi connectivity index (χ0) is 11.1. The average molecular weight is 217 g/mol. The van der Waals surface area contributed by atoms with Crippen LogP contribution in [0.5, 0.6) is 0 Å². The van der Waals surface area contributed by atoms with Gasteiger partial charge in [-0.15, -0.1) is 0 Å². The Morgan fingerprint density at radius 3 is 2.81 bits per heavy atom. The summed E-state index contributed by atoms with van der Waals surface area (Å²) in [6.07, 6.45) is 0.769. The number of hydrogen-bond donors (Lipinski definition) is 0. The molecule has 3 heteroatoms. The van der Waals surface area contributed by atoms with Crippen molar-refractivity contribution in [1.82, 2.24) is 4.90 Å². The second-order valence-electron chi connectivity index (χ2n) is 4.63. The van der Waals surface area contributed by atoms with Gasteiger partial charge in [-0.3, -0.25) is 4.79 Å². The number of carbonyl (C=O) groups is 1.